The lowest BCUT2D eigenvalue weighted by atomic mass is 10.1. The van der Waals surface area contributed by atoms with E-state index in [1.807, 2.05) is 6.07 Å². The molecule has 21 heavy (non-hydrogen) atoms. The van der Waals surface area contributed by atoms with Crippen LogP contribution < -0.4 is 4.74 Å². The van der Waals surface area contributed by atoms with E-state index in [0.29, 0.717) is 5.75 Å². The molecule has 0 heterocycles. The number of carbonyl (C=O) groups is 1. The number of rotatable bonds is 5. The summed E-state index contributed by atoms with van der Waals surface area (Å²) >= 11 is 5.59. The van der Waals surface area contributed by atoms with Crippen LogP contribution in [0.3, 0.4) is 0 Å². The molecule has 108 valence electrons. The van der Waals surface area contributed by atoms with Crippen molar-refractivity contribution in [3.8, 4) is 5.75 Å². The standard InChI is InChI=1S/C16H12ClFO3/c17-14-6-5-13(9-15(14)18)21-10-12-3-1-2-11(8-12)4-7-16(19)20/h1-9H,10H2,(H,19,20)/b7-4+. The van der Waals surface area contributed by atoms with Gasteiger partial charge in [0.1, 0.15) is 18.2 Å². The molecule has 0 radical (unpaired) electrons. The van der Waals surface area contributed by atoms with Gasteiger partial charge in [-0.05, 0) is 35.4 Å². The SMILES string of the molecule is O=C(O)/C=C/c1cccc(COc2ccc(Cl)c(F)c2)c1. The first-order chi connectivity index (χ1) is 10.0. The molecule has 0 fully saturated rings. The van der Waals surface area contributed by atoms with Gasteiger partial charge in [-0.25, -0.2) is 9.18 Å². The lowest BCUT2D eigenvalue weighted by molar-refractivity contribution is -0.131. The molecule has 0 spiro atoms. The third-order valence-corrected chi connectivity index (χ3v) is 2.97. The summed E-state index contributed by atoms with van der Waals surface area (Å²) in [5.74, 6) is -1.16. The van der Waals surface area contributed by atoms with Crippen molar-refractivity contribution in [1.82, 2.24) is 0 Å². The quantitative estimate of drug-likeness (QED) is 0.844. The zero-order chi connectivity index (χ0) is 15.2. The Bertz CT molecular complexity index is 683. The van der Waals surface area contributed by atoms with Gasteiger partial charge in [-0.1, -0.05) is 29.8 Å². The molecule has 0 aliphatic heterocycles. The zero-order valence-corrected chi connectivity index (χ0v) is 11.7. The van der Waals surface area contributed by atoms with Crippen LogP contribution in [-0.2, 0) is 11.4 Å². The summed E-state index contributed by atoms with van der Waals surface area (Å²) in [6, 6.07) is 11.4. The van der Waals surface area contributed by atoms with Crippen molar-refractivity contribution in [2.24, 2.45) is 0 Å². The Kier molecular flexibility index (Phi) is 4.95. The molecule has 5 heteroatoms. The maximum absolute atomic E-state index is 13.3. The molecule has 2 aromatic carbocycles. The molecule has 2 aromatic rings. The fourth-order valence-corrected chi connectivity index (χ4v) is 1.80. The summed E-state index contributed by atoms with van der Waals surface area (Å²) in [5.41, 5.74) is 1.60. The highest BCUT2D eigenvalue weighted by Crippen LogP contribution is 2.21. The Balaban J connectivity index is 2.04. The van der Waals surface area contributed by atoms with Crippen LogP contribution in [0.25, 0.3) is 6.08 Å². The Morgan fingerprint density at radius 2 is 2.10 bits per heavy atom. The maximum Gasteiger partial charge on any atom is 0.328 e. The largest absolute Gasteiger partial charge is 0.489 e. The molecule has 0 aliphatic carbocycles. The van der Waals surface area contributed by atoms with Gasteiger partial charge in [0, 0.05) is 12.1 Å². The molecular weight excluding hydrogens is 295 g/mol. The van der Waals surface area contributed by atoms with Gasteiger partial charge in [-0.2, -0.15) is 0 Å². The highest BCUT2D eigenvalue weighted by Gasteiger charge is 2.02. The average Bonchev–Trinajstić information content (AvgIpc) is 2.47. The smallest absolute Gasteiger partial charge is 0.328 e. The van der Waals surface area contributed by atoms with Crippen molar-refractivity contribution in [2.45, 2.75) is 6.61 Å². The minimum Gasteiger partial charge on any atom is -0.489 e. The van der Waals surface area contributed by atoms with Crippen LogP contribution in [0.4, 0.5) is 4.39 Å². The molecule has 2 rings (SSSR count). The van der Waals surface area contributed by atoms with Gasteiger partial charge >= 0.3 is 5.97 Å². The van der Waals surface area contributed by atoms with Crippen molar-refractivity contribution in [2.75, 3.05) is 0 Å². The number of benzene rings is 2. The van der Waals surface area contributed by atoms with Crippen molar-refractivity contribution < 1.29 is 19.0 Å². The lowest BCUT2D eigenvalue weighted by Gasteiger charge is -2.07. The zero-order valence-electron chi connectivity index (χ0n) is 10.9. The van der Waals surface area contributed by atoms with E-state index in [0.717, 1.165) is 17.2 Å². The fraction of sp³-hybridized carbons (Fsp3) is 0.0625. The van der Waals surface area contributed by atoms with Crippen LogP contribution in [0.15, 0.2) is 48.5 Å². The number of carboxylic acid groups (broad SMARTS) is 1. The molecule has 0 saturated carbocycles. The van der Waals surface area contributed by atoms with Gasteiger partial charge in [-0.3, -0.25) is 0 Å². The first-order valence-electron chi connectivity index (χ1n) is 6.12. The molecule has 0 aromatic heterocycles. The predicted octanol–water partition coefficient (Wildman–Crippen LogP) is 4.16. The second kappa shape index (κ2) is 6.90. The minimum atomic E-state index is -1.01. The monoisotopic (exact) mass is 306 g/mol. The number of hydrogen-bond donors (Lipinski definition) is 1. The molecule has 0 atom stereocenters. The summed E-state index contributed by atoms with van der Waals surface area (Å²) in [5, 5.41) is 8.63. The first-order valence-corrected chi connectivity index (χ1v) is 6.50. The second-order valence-corrected chi connectivity index (χ2v) is 4.69. The van der Waals surface area contributed by atoms with Gasteiger partial charge in [-0.15, -0.1) is 0 Å². The van der Waals surface area contributed by atoms with Crippen molar-refractivity contribution in [3.63, 3.8) is 0 Å². The predicted molar refractivity (Wildman–Crippen MR) is 78.9 cm³/mol. The van der Waals surface area contributed by atoms with E-state index in [1.165, 1.54) is 18.2 Å². The van der Waals surface area contributed by atoms with Gasteiger partial charge < -0.3 is 9.84 Å². The van der Waals surface area contributed by atoms with Gasteiger partial charge in [0.25, 0.3) is 0 Å². The Morgan fingerprint density at radius 1 is 1.29 bits per heavy atom. The molecule has 0 bridgehead atoms. The minimum absolute atomic E-state index is 0.0446. The summed E-state index contributed by atoms with van der Waals surface area (Å²) in [6.07, 6.45) is 2.56. The second-order valence-electron chi connectivity index (χ2n) is 4.28. The summed E-state index contributed by atoms with van der Waals surface area (Å²) in [7, 11) is 0. The average molecular weight is 307 g/mol. The molecule has 0 unspecified atom stereocenters. The molecule has 0 saturated heterocycles. The van der Waals surface area contributed by atoms with E-state index >= 15 is 0 Å². The highest BCUT2D eigenvalue weighted by molar-refractivity contribution is 6.30. The van der Waals surface area contributed by atoms with Crippen LogP contribution in [0.5, 0.6) is 5.75 Å². The van der Waals surface area contributed by atoms with Crippen LogP contribution in [0.1, 0.15) is 11.1 Å². The topological polar surface area (TPSA) is 46.5 Å². The normalized spacial score (nSPS) is 10.8. The Hall–Kier alpha value is -2.33. The summed E-state index contributed by atoms with van der Waals surface area (Å²) in [4.78, 5) is 10.5. The number of halogens is 2. The van der Waals surface area contributed by atoms with E-state index in [4.69, 9.17) is 21.4 Å². The van der Waals surface area contributed by atoms with Crippen LogP contribution in [0.2, 0.25) is 5.02 Å². The van der Waals surface area contributed by atoms with E-state index in [2.05, 4.69) is 0 Å². The molecule has 0 amide bonds. The maximum atomic E-state index is 13.3. The third-order valence-electron chi connectivity index (χ3n) is 2.67. The number of aliphatic carboxylic acids is 1. The van der Waals surface area contributed by atoms with Crippen LogP contribution >= 0.6 is 11.6 Å². The van der Waals surface area contributed by atoms with Gasteiger partial charge in [0.15, 0.2) is 0 Å². The van der Waals surface area contributed by atoms with Crippen molar-refractivity contribution >= 4 is 23.6 Å². The summed E-state index contributed by atoms with van der Waals surface area (Å²) < 4.78 is 18.7. The molecule has 1 N–H and O–H groups in total. The summed E-state index contributed by atoms with van der Waals surface area (Å²) in [6.45, 7) is 0.246. The molecule has 0 aliphatic rings. The van der Waals surface area contributed by atoms with Crippen molar-refractivity contribution in [1.29, 1.82) is 0 Å². The van der Waals surface area contributed by atoms with Crippen LogP contribution in [0, 0.1) is 5.82 Å². The molecule has 3 nitrogen and oxygen atoms in total. The number of hydrogen-bond acceptors (Lipinski definition) is 2. The van der Waals surface area contributed by atoms with Gasteiger partial charge in [0.05, 0.1) is 5.02 Å². The number of carboxylic acids is 1. The Labute approximate surface area is 126 Å². The van der Waals surface area contributed by atoms with Crippen molar-refractivity contribution in [3.05, 3.63) is 70.5 Å². The highest BCUT2D eigenvalue weighted by atomic mass is 35.5. The Morgan fingerprint density at radius 3 is 2.81 bits per heavy atom. The van der Waals surface area contributed by atoms with E-state index < -0.39 is 11.8 Å². The van der Waals surface area contributed by atoms with E-state index in [-0.39, 0.29) is 11.6 Å². The lowest BCUT2D eigenvalue weighted by Crippen LogP contribution is -1.96. The fourth-order valence-electron chi connectivity index (χ4n) is 1.69. The van der Waals surface area contributed by atoms with E-state index in [1.54, 1.807) is 24.3 Å². The first kappa shape index (κ1) is 15.1. The number of ether oxygens (including phenoxy) is 1. The van der Waals surface area contributed by atoms with Gasteiger partial charge in [0.2, 0.25) is 0 Å². The molecular formula is C16H12ClFO3. The van der Waals surface area contributed by atoms with Crippen LogP contribution in [-0.4, -0.2) is 11.1 Å². The third kappa shape index (κ3) is 4.61. The van der Waals surface area contributed by atoms with E-state index in [9.17, 15) is 9.18 Å².